The van der Waals surface area contributed by atoms with Crippen LogP contribution in [0.15, 0.2) is 18.2 Å². The lowest BCUT2D eigenvalue weighted by Gasteiger charge is -2.05. The Morgan fingerprint density at radius 1 is 1.42 bits per heavy atom. The van der Waals surface area contributed by atoms with Gasteiger partial charge in [0, 0.05) is 6.54 Å². The van der Waals surface area contributed by atoms with Crippen molar-refractivity contribution in [1.82, 2.24) is 5.32 Å². The molecule has 0 saturated heterocycles. The van der Waals surface area contributed by atoms with Crippen LogP contribution in [0.4, 0.5) is 0 Å². The Kier molecular flexibility index (Phi) is 2.86. The summed E-state index contributed by atoms with van der Waals surface area (Å²) in [6.45, 7) is 4.92. The molecule has 0 aliphatic carbocycles. The van der Waals surface area contributed by atoms with E-state index in [1.165, 1.54) is 23.0 Å². The summed E-state index contributed by atoms with van der Waals surface area (Å²) in [5.74, 6) is 0. The Bertz CT molecular complexity index is 279. The van der Waals surface area contributed by atoms with Gasteiger partial charge in [0.2, 0.25) is 0 Å². The summed E-state index contributed by atoms with van der Waals surface area (Å²) in [5.41, 5.74) is 3.82. The van der Waals surface area contributed by atoms with Gasteiger partial charge in [0.15, 0.2) is 0 Å². The first-order chi connectivity index (χ1) is 5.74. The average Bonchev–Trinajstić information content (AvgIpc) is 2.03. The van der Waals surface area contributed by atoms with E-state index in [4.69, 9.17) is 5.41 Å². The normalized spacial score (nSPS) is 9.50. The van der Waals surface area contributed by atoms with E-state index < -0.39 is 0 Å². The fraction of sp³-hybridized carbons (Fsp3) is 0.300. The van der Waals surface area contributed by atoms with Gasteiger partial charge in [0.25, 0.3) is 0 Å². The molecule has 0 spiro atoms. The lowest BCUT2D eigenvalue weighted by molar-refractivity contribution is 0.917. The highest BCUT2D eigenvalue weighted by Crippen LogP contribution is 2.09. The summed E-state index contributed by atoms with van der Waals surface area (Å²) >= 11 is 0. The summed E-state index contributed by atoms with van der Waals surface area (Å²) in [5, 5.41) is 9.70. The lowest BCUT2D eigenvalue weighted by atomic mass is 10.1. The number of nitrogens with one attached hydrogen (secondary N) is 2. The van der Waals surface area contributed by atoms with E-state index in [1.807, 2.05) is 0 Å². The molecule has 0 aromatic heterocycles. The van der Waals surface area contributed by atoms with Crippen LogP contribution in [-0.4, -0.2) is 6.34 Å². The lowest BCUT2D eigenvalue weighted by Crippen LogP contribution is -2.10. The van der Waals surface area contributed by atoms with Gasteiger partial charge in [-0.1, -0.05) is 23.8 Å². The molecule has 2 nitrogen and oxygen atoms in total. The van der Waals surface area contributed by atoms with Crippen LogP contribution in [0.3, 0.4) is 0 Å². The smallest absolute Gasteiger partial charge is 0.0793 e. The second-order valence-corrected chi connectivity index (χ2v) is 2.96. The summed E-state index contributed by atoms with van der Waals surface area (Å²) in [6, 6.07) is 6.34. The fourth-order valence-electron chi connectivity index (χ4n) is 1.21. The molecule has 0 saturated carbocycles. The molecule has 0 heterocycles. The monoisotopic (exact) mass is 162 g/mol. The van der Waals surface area contributed by atoms with E-state index in [9.17, 15) is 0 Å². The van der Waals surface area contributed by atoms with Crippen molar-refractivity contribution in [3.63, 3.8) is 0 Å². The van der Waals surface area contributed by atoms with E-state index in [0.29, 0.717) is 0 Å². The van der Waals surface area contributed by atoms with Gasteiger partial charge < -0.3 is 5.32 Å². The van der Waals surface area contributed by atoms with Crippen LogP contribution in [0.5, 0.6) is 0 Å². The van der Waals surface area contributed by atoms with Crippen molar-refractivity contribution >= 4 is 6.34 Å². The molecule has 0 radical (unpaired) electrons. The maximum absolute atomic E-state index is 6.83. The van der Waals surface area contributed by atoms with Gasteiger partial charge in [-0.05, 0) is 25.0 Å². The third kappa shape index (κ3) is 2.09. The van der Waals surface area contributed by atoms with Crippen molar-refractivity contribution in [2.45, 2.75) is 20.4 Å². The summed E-state index contributed by atoms with van der Waals surface area (Å²) in [6.07, 6.45) is 1.22. The van der Waals surface area contributed by atoms with Crippen LogP contribution in [0.2, 0.25) is 0 Å². The number of aryl methyl sites for hydroxylation is 2. The van der Waals surface area contributed by atoms with Crippen LogP contribution in [0.25, 0.3) is 0 Å². The minimum absolute atomic E-state index is 0.746. The van der Waals surface area contributed by atoms with E-state index in [1.54, 1.807) is 0 Å². The second kappa shape index (κ2) is 3.90. The van der Waals surface area contributed by atoms with Gasteiger partial charge in [-0.15, -0.1) is 0 Å². The van der Waals surface area contributed by atoms with Gasteiger partial charge in [0.05, 0.1) is 6.34 Å². The standard InChI is InChI=1S/C10H14N2/c1-8-3-4-10(6-12-7-11)9(2)5-8/h3-5,7H,6H2,1-2H3,(H2,11,12). The molecule has 0 amide bonds. The Hall–Kier alpha value is -1.31. The van der Waals surface area contributed by atoms with Crippen molar-refractivity contribution < 1.29 is 0 Å². The predicted molar refractivity (Wildman–Crippen MR) is 51.5 cm³/mol. The summed E-state index contributed by atoms with van der Waals surface area (Å²) < 4.78 is 0. The van der Waals surface area contributed by atoms with Crippen LogP contribution >= 0.6 is 0 Å². The first-order valence-corrected chi connectivity index (χ1v) is 4.02. The molecule has 0 atom stereocenters. The molecule has 1 aromatic rings. The van der Waals surface area contributed by atoms with E-state index in [2.05, 4.69) is 37.4 Å². The minimum Gasteiger partial charge on any atom is -0.373 e. The van der Waals surface area contributed by atoms with Crippen LogP contribution in [-0.2, 0) is 6.54 Å². The first kappa shape index (κ1) is 8.78. The maximum Gasteiger partial charge on any atom is 0.0793 e. The largest absolute Gasteiger partial charge is 0.373 e. The molecule has 1 rings (SSSR count). The van der Waals surface area contributed by atoms with Crippen molar-refractivity contribution in [2.75, 3.05) is 0 Å². The highest BCUT2D eigenvalue weighted by atomic mass is 14.9. The SMILES string of the molecule is Cc1ccc(CNC=N)c(C)c1. The Balaban J connectivity index is 2.78. The molecule has 12 heavy (non-hydrogen) atoms. The highest BCUT2D eigenvalue weighted by molar-refractivity contribution is 5.50. The molecule has 0 aliphatic heterocycles. The van der Waals surface area contributed by atoms with E-state index in [-0.39, 0.29) is 0 Å². The molecular formula is C10H14N2. The average molecular weight is 162 g/mol. The third-order valence-electron chi connectivity index (χ3n) is 1.89. The number of hydrogen-bond donors (Lipinski definition) is 2. The molecule has 0 fully saturated rings. The second-order valence-electron chi connectivity index (χ2n) is 2.96. The van der Waals surface area contributed by atoms with Crippen LogP contribution in [0.1, 0.15) is 16.7 Å². The minimum atomic E-state index is 0.746. The molecule has 0 unspecified atom stereocenters. The topological polar surface area (TPSA) is 35.9 Å². The number of benzene rings is 1. The van der Waals surface area contributed by atoms with Gasteiger partial charge in [0.1, 0.15) is 0 Å². The van der Waals surface area contributed by atoms with Crippen molar-refractivity contribution in [3.05, 3.63) is 34.9 Å². The molecule has 2 N–H and O–H groups in total. The van der Waals surface area contributed by atoms with Gasteiger partial charge in [-0.25, -0.2) is 0 Å². The van der Waals surface area contributed by atoms with Crippen molar-refractivity contribution in [3.8, 4) is 0 Å². The van der Waals surface area contributed by atoms with Crippen molar-refractivity contribution in [1.29, 1.82) is 5.41 Å². The zero-order valence-corrected chi connectivity index (χ0v) is 7.52. The zero-order valence-electron chi connectivity index (χ0n) is 7.52. The summed E-state index contributed by atoms with van der Waals surface area (Å²) in [7, 11) is 0. The maximum atomic E-state index is 6.83. The van der Waals surface area contributed by atoms with Crippen LogP contribution in [0, 0.1) is 19.3 Å². The molecule has 1 aromatic carbocycles. The van der Waals surface area contributed by atoms with Crippen LogP contribution < -0.4 is 5.32 Å². The first-order valence-electron chi connectivity index (χ1n) is 4.02. The molecule has 0 bridgehead atoms. The Labute approximate surface area is 73.1 Å². The number of hydrogen-bond acceptors (Lipinski definition) is 1. The predicted octanol–water partition coefficient (Wildman–Crippen LogP) is 2.00. The zero-order chi connectivity index (χ0) is 8.97. The third-order valence-corrected chi connectivity index (χ3v) is 1.89. The summed E-state index contributed by atoms with van der Waals surface area (Å²) in [4.78, 5) is 0. The molecule has 64 valence electrons. The van der Waals surface area contributed by atoms with Gasteiger partial charge in [-0.2, -0.15) is 0 Å². The fourth-order valence-corrected chi connectivity index (χ4v) is 1.21. The van der Waals surface area contributed by atoms with E-state index in [0.717, 1.165) is 6.54 Å². The molecule has 0 aliphatic rings. The van der Waals surface area contributed by atoms with E-state index >= 15 is 0 Å². The Morgan fingerprint density at radius 3 is 2.75 bits per heavy atom. The molecule has 2 heteroatoms. The highest BCUT2D eigenvalue weighted by Gasteiger charge is 1.95. The number of rotatable bonds is 3. The van der Waals surface area contributed by atoms with Gasteiger partial charge >= 0.3 is 0 Å². The molecular weight excluding hydrogens is 148 g/mol. The quantitative estimate of drug-likeness (QED) is 0.517. The Morgan fingerprint density at radius 2 is 2.17 bits per heavy atom. The van der Waals surface area contributed by atoms with Gasteiger partial charge in [-0.3, -0.25) is 5.41 Å². The van der Waals surface area contributed by atoms with Crippen molar-refractivity contribution in [2.24, 2.45) is 0 Å².